The van der Waals surface area contributed by atoms with Crippen LogP contribution in [0.1, 0.15) is 40.5 Å². The van der Waals surface area contributed by atoms with Crippen LogP contribution in [0.15, 0.2) is 4.99 Å². The molecule has 2 N–H and O–H groups in total. The van der Waals surface area contributed by atoms with Crippen molar-refractivity contribution in [3.8, 4) is 0 Å². The molecule has 1 aliphatic heterocycles. The van der Waals surface area contributed by atoms with Crippen LogP contribution in [0.3, 0.4) is 0 Å². The molecule has 1 fully saturated rings. The van der Waals surface area contributed by atoms with Crippen molar-refractivity contribution in [3.63, 3.8) is 0 Å². The molecular formula is C17H33F3N4O3S. The number of alkyl halides is 3. The normalized spacial score (nSPS) is 19.5. The van der Waals surface area contributed by atoms with Crippen LogP contribution in [0, 0.1) is 11.3 Å². The van der Waals surface area contributed by atoms with Crippen LogP contribution in [-0.2, 0) is 14.8 Å². The Labute approximate surface area is 166 Å². The zero-order valence-electron chi connectivity index (χ0n) is 17.3. The van der Waals surface area contributed by atoms with Gasteiger partial charge in [0.2, 0.25) is 0 Å². The number of nitrogens with zero attached hydrogens (tertiary/aromatic N) is 2. The number of guanidine groups is 1. The summed E-state index contributed by atoms with van der Waals surface area (Å²) in [5.74, 6) is 0.684. The molecule has 1 unspecified atom stereocenters. The van der Waals surface area contributed by atoms with Crippen LogP contribution >= 0.6 is 0 Å². The molecule has 0 aromatic heterocycles. The first-order chi connectivity index (χ1) is 12.8. The molecule has 7 nitrogen and oxygen atoms in total. The molecule has 1 heterocycles. The van der Waals surface area contributed by atoms with E-state index in [-0.39, 0.29) is 30.5 Å². The van der Waals surface area contributed by atoms with Crippen molar-refractivity contribution in [2.75, 3.05) is 39.8 Å². The van der Waals surface area contributed by atoms with E-state index in [9.17, 15) is 21.6 Å². The maximum absolute atomic E-state index is 12.6. The van der Waals surface area contributed by atoms with Gasteiger partial charge in [0.1, 0.15) is 0 Å². The standard InChI is InChI=1S/C17H33F3N4O3S/c1-6-21-15(23-12-14(27-5)16(2,3)4)22-11-13-7-9-24(10-8-13)28(25,26)17(18,19)20/h13-14H,6-12H2,1-5H3,(H2,21,22,23). The Morgan fingerprint density at radius 3 is 2.21 bits per heavy atom. The molecule has 0 saturated carbocycles. The van der Waals surface area contributed by atoms with Gasteiger partial charge in [-0.15, -0.1) is 0 Å². The quantitative estimate of drug-likeness (QED) is 0.478. The van der Waals surface area contributed by atoms with Crippen molar-refractivity contribution >= 4 is 16.0 Å². The number of aliphatic imine (C=N–C) groups is 1. The molecule has 0 aromatic carbocycles. The third-order valence-electron chi connectivity index (χ3n) is 4.77. The fourth-order valence-electron chi connectivity index (χ4n) is 2.96. The van der Waals surface area contributed by atoms with Crippen LogP contribution in [0.4, 0.5) is 13.2 Å². The van der Waals surface area contributed by atoms with Gasteiger partial charge in [-0.2, -0.15) is 17.5 Å². The zero-order chi connectivity index (χ0) is 21.6. The first kappa shape index (κ1) is 25.0. The molecule has 1 atom stereocenters. The van der Waals surface area contributed by atoms with Crippen molar-refractivity contribution in [3.05, 3.63) is 0 Å². The van der Waals surface area contributed by atoms with Crippen LogP contribution in [0.2, 0.25) is 0 Å². The van der Waals surface area contributed by atoms with Gasteiger partial charge in [0.15, 0.2) is 5.96 Å². The molecule has 0 amide bonds. The number of piperidine rings is 1. The zero-order valence-corrected chi connectivity index (χ0v) is 18.1. The van der Waals surface area contributed by atoms with Gasteiger partial charge in [-0.25, -0.2) is 8.42 Å². The van der Waals surface area contributed by atoms with Crippen molar-refractivity contribution < 1.29 is 26.3 Å². The van der Waals surface area contributed by atoms with Crippen LogP contribution in [0.5, 0.6) is 0 Å². The Morgan fingerprint density at radius 1 is 1.21 bits per heavy atom. The van der Waals surface area contributed by atoms with E-state index >= 15 is 0 Å². The van der Waals surface area contributed by atoms with Gasteiger partial charge in [-0.1, -0.05) is 20.8 Å². The number of sulfonamides is 1. The maximum Gasteiger partial charge on any atom is 0.511 e. The van der Waals surface area contributed by atoms with E-state index in [4.69, 9.17) is 4.74 Å². The maximum atomic E-state index is 12.6. The van der Waals surface area contributed by atoms with Crippen molar-refractivity contribution in [2.24, 2.45) is 16.3 Å². The highest BCUT2D eigenvalue weighted by Gasteiger charge is 2.50. The molecule has 0 radical (unpaired) electrons. The highest BCUT2D eigenvalue weighted by molar-refractivity contribution is 7.90. The van der Waals surface area contributed by atoms with Crippen molar-refractivity contribution in [2.45, 2.75) is 52.1 Å². The van der Waals surface area contributed by atoms with Gasteiger partial charge in [0.05, 0.1) is 12.6 Å². The number of halogens is 3. The first-order valence-electron chi connectivity index (χ1n) is 9.44. The summed E-state index contributed by atoms with van der Waals surface area (Å²) in [6, 6.07) is 0. The molecule has 0 spiro atoms. The molecular weight excluding hydrogens is 397 g/mol. The third kappa shape index (κ3) is 7.07. The molecule has 0 aliphatic carbocycles. The Morgan fingerprint density at radius 2 is 1.79 bits per heavy atom. The number of nitrogens with one attached hydrogen (secondary N) is 2. The predicted octanol–water partition coefficient (Wildman–Crippen LogP) is 2.16. The summed E-state index contributed by atoms with van der Waals surface area (Å²) in [5.41, 5.74) is -5.31. The molecule has 11 heteroatoms. The largest absolute Gasteiger partial charge is 0.511 e. The predicted molar refractivity (Wildman–Crippen MR) is 104 cm³/mol. The fourth-order valence-corrected chi connectivity index (χ4v) is 3.94. The minimum Gasteiger partial charge on any atom is -0.379 e. The number of rotatable bonds is 7. The van der Waals surface area contributed by atoms with E-state index < -0.39 is 15.5 Å². The summed E-state index contributed by atoms with van der Waals surface area (Å²) < 4.78 is 66.9. The topological polar surface area (TPSA) is 83.0 Å². The average Bonchev–Trinajstić information content (AvgIpc) is 2.58. The van der Waals surface area contributed by atoms with Gasteiger partial charge in [0.25, 0.3) is 0 Å². The summed E-state index contributed by atoms with van der Waals surface area (Å²) in [6.07, 6.45) is 0.674. The van der Waals surface area contributed by atoms with E-state index in [1.165, 1.54) is 0 Å². The number of ether oxygens (including phenoxy) is 1. The summed E-state index contributed by atoms with van der Waals surface area (Å²) in [5, 5.41) is 6.33. The first-order valence-corrected chi connectivity index (χ1v) is 10.9. The molecule has 0 bridgehead atoms. The van der Waals surface area contributed by atoms with Gasteiger partial charge in [-0.05, 0) is 31.1 Å². The Kier molecular flexibility index (Phi) is 9.01. The van der Waals surface area contributed by atoms with Gasteiger partial charge < -0.3 is 15.4 Å². The van der Waals surface area contributed by atoms with Crippen molar-refractivity contribution in [1.29, 1.82) is 0 Å². The van der Waals surface area contributed by atoms with Gasteiger partial charge in [0, 0.05) is 33.3 Å². The van der Waals surface area contributed by atoms with E-state index in [0.29, 0.717) is 42.7 Å². The molecule has 1 rings (SSSR count). The second-order valence-corrected chi connectivity index (χ2v) is 9.91. The summed E-state index contributed by atoms with van der Waals surface area (Å²) in [6.45, 7) is 9.54. The SMILES string of the molecule is CCNC(=NCC(OC)C(C)(C)C)NCC1CCN(S(=O)(=O)C(F)(F)F)CC1. The lowest BCUT2D eigenvalue weighted by molar-refractivity contribution is -0.0496. The van der Waals surface area contributed by atoms with Crippen LogP contribution < -0.4 is 10.6 Å². The van der Waals surface area contributed by atoms with E-state index in [0.717, 1.165) is 0 Å². The van der Waals surface area contributed by atoms with E-state index in [1.807, 2.05) is 6.92 Å². The van der Waals surface area contributed by atoms with E-state index in [1.54, 1.807) is 7.11 Å². The summed E-state index contributed by atoms with van der Waals surface area (Å²) in [7, 11) is -3.59. The second kappa shape index (κ2) is 10.1. The Balaban J connectivity index is 2.59. The average molecular weight is 431 g/mol. The summed E-state index contributed by atoms with van der Waals surface area (Å²) >= 11 is 0. The van der Waals surface area contributed by atoms with Crippen molar-refractivity contribution in [1.82, 2.24) is 14.9 Å². The lowest BCUT2D eigenvalue weighted by Crippen LogP contribution is -2.47. The monoisotopic (exact) mass is 430 g/mol. The minimum absolute atomic E-state index is 0.0567. The Bertz CT molecular complexity index is 610. The third-order valence-corrected chi connectivity index (χ3v) is 6.40. The lowest BCUT2D eigenvalue weighted by Gasteiger charge is -2.32. The fraction of sp³-hybridized carbons (Fsp3) is 0.941. The minimum atomic E-state index is -5.24. The van der Waals surface area contributed by atoms with Crippen LogP contribution in [-0.4, -0.2) is 70.1 Å². The van der Waals surface area contributed by atoms with Gasteiger partial charge in [-0.3, -0.25) is 4.99 Å². The Hall–Kier alpha value is -1.07. The molecule has 28 heavy (non-hydrogen) atoms. The number of methoxy groups -OCH3 is 1. The number of hydrogen-bond acceptors (Lipinski definition) is 4. The highest BCUT2D eigenvalue weighted by Crippen LogP contribution is 2.30. The molecule has 0 aromatic rings. The lowest BCUT2D eigenvalue weighted by atomic mass is 9.89. The van der Waals surface area contributed by atoms with E-state index in [2.05, 4.69) is 36.4 Å². The number of hydrogen-bond donors (Lipinski definition) is 2. The smallest absolute Gasteiger partial charge is 0.379 e. The van der Waals surface area contributed by atoms with Crippen LogP contribution in [0.25, 0.3) is 0 Å². The highest BCUT2D eigenvalue weighted by atomic mass is 32.2. The molecule has 1 aliphatic rings. The van der Waals surface area contributed by atoms with Gasteiger partial charge >= 0.3 is 15.5 Å². The summed E-state index contributed by atoms with van der Waals surface area (Å²) in [4.78, 5) is 4.54. The molecule has 166 valence electrons. The second-order valence-electron chi connectivity index (χ2n) is 7.98. The molecule has 1 saturated heterocycles.